The summed E-state index contributed by atoms with van der Waals surface area (Å²) in [4.78, 5) is 15.7. The van der Waals surface area contributed by atoms with Crippen molar-refractivity contribution in [2.24, 2.45) is 0 Å². The lowest BCUT2D eigenvalue weighted by molar-refractivity contribution is 0.0946. The molecule has 0 fully saturated rings. The molecule has 1 aromatic heterocycles. The van der Waals surface area contributed by atoms with Crippen molar-refractivity contribution >= 4 is 27.5 Å². The standard InChI is InChI=1S/C13H11BrFN3O/c14-11-3-1-9(15)5-8(11)6-18-13(19)12-4-2-10(16)7-17-12/h1-5,7H,6,16H2,(H,18,19). The average molecular weight is 324 g/mol. The molecule has 1 heterocycles. The molecule has 0 aliphatic carbocycles. The molecule has 0 aliphatic heterocycles. The van der Waals surface area contributed by atoms with E-state index in [4.69, 9.17) is 5.73 Å². The maximum Gasteiger partial charge on any atom is 0.270 e. The van der Waals surface area contributed by atoms with Crippen LogP contribution in [0, 0.1) is 5.82 Å². The number of aromatic nitrogens is 1. The van der Waals surface area contributed by atoms with Crippen LogP contribution >= 0.6 is 15.9 Å². The third-order valence-electron chi connectivity index (χ3n) is 2.47. The fourth-order valence-electron chi connectivity index (χ4n) is 1.48. The van der Waals surface area contributed by atoms with Gasteiger partial charge >= 0.3 is 0 Å². The molecule has 0 unspecified atom stereocenters. The van der Waals surface area contributed by atoms with Crippen molar-refractivity contribution in [1.29, 1.82) is 0 Å². The minimum Gasteiger partial charge on any atom is -0.397 e. The van der Waals surface area contributed by atoms with Gasteiger partial charge in [-0.25, -0.2) is 9.37 Å². The molecule has 98 valence electrons. The first-order valence-corrected chi connectivity index (χ1v) is 6.29. The van der Waals surface area contributed by atoms with Gasteiger partial charge in [-0.2, -0.15) is 0 Å². The molecule has 0 aliphatic rings. The van der Waals surface area contributed by atoms with Crippen molar-refractivity contribution in [1.82, 2.24) is 10.3 Å². The number of carbonyl (C=O) groups excluding carboxylic acids is 1. The summed E-state index contributed by atoms with van der Waals surface area (Å²) in [5.74, 6) is -0.686. The van der Waals surface area contributed by atoms with Crippen molar-refractivity contribution in [3.8, 4) is 0 Å². The molecule has 0 bridgehead atoms. The quantitative estimate of drug-likeness (QED) is 0.911. The number of amides is 1. The van der Waals surface area contributed by atoms with Crippen LogP contribution in [0.5, 0.6) is 0 Å². The zero-order valence-corrected chi connectivity index (χ0v) is 11.4. The molecule has 1 aromatic carbocycles. The second kappa shape index (κ2) is 5.79. The van der Waals surface area contributed by atoms with Crippen molar-refractivity contribution in [3.63, 3.8) is 0 Å². The van der Waals surface area contributed by atoms with Crippen LogP contribution in [0.15, 0.2) is 41.0 Å². The summed E-state index contributed by atoms with van der Waals surface area (Å²) >= 11 is 3.30. The number of halogens is 2. The van der Waals surface area contributed by atoms with Gasteiger partial charge in [0.05, 0.1) is 11.9 Å². The van der Waals surface area contributed by atoms with Crippen LogP contribution < -0.4 is 11.1 Å². The number of nitrogens with two attached hydrogens (primary N) is 1. The first kappa shape index (κ1) is 13.5. The zero-order chi connectivity index (χ0) is 13.8. The van der Waals surface area contributed by atoms with E-state index in [0.717, 1.165) is 4.47 Å². The van der Waals surface area contributed by atoms with Gasteiger partial charge in [0, 0.05) is 11.0 Å². The van der Waals surface area contributed by atoms with Gasteiger partial charge in [-0.1, -0.05) is 15.9 Å². The van der Waals surface area contributed by atoms with Crippen LogP contribution in [0.2, 0.25) is 0 Å². The van der Waals surface area contributed by atoms with E-state index in [1.807, 2.05) is 0 Å². The molecule has 0 saturated carbocycles. The van der Waals surface area contributed by atoms with Gasteiger partial charge in [0.25, 0.3) is 5.91 Å². The summed E-state index contributed by atoms with van der Waals surface area (Å²) in [6, 6.07) is 7.43. The summed E-state index contributed by atoms with van der Waals surface area (Å²) in [5, 5.41) is 2.66. The van der Waals surface area contributed by atoms with E-state index >= 15 is 0 Å². The number of benzene rings is 1. The fraction of sp³-hybridized carbons (Fsp3) is 0.0769. The topological polar surface area (TPSA) is 68.0 Å². The van der Waals surface area contributed by atoms with Crippen LogP contribution in [-0.4, -0.2) is 10.9 Å². The summed E-state index contributed by atoms with van der Waals surface area (Å²) < 4.78 is 13.8. The Hall–Kier alpha value is -1.95. The Labute approximate surface area is 118 Å². The number of hydrogen-bond acceptors (Lipinski definition) is 3. The summed E-state index contributed by atoms with van der Waals surface area (Å²) in [6.07, 6.45) is 1.41. The van der Waals surface area contributed by atoms with Gasteiger partial charge in [-0.15, -0.1) is 0 Å². The van der Waals surface area contributed by atoms with Crippen LogP contribution in [0.3, 0.4) is 0 Å². The number of hydrogen-bond donors (Lipinski definition) is 2. The van der Waals surface area contributed by atoms with Crippen molar-refractivity contribution in [2.75, 3.05) is 5.73 Å². The summed E-state index contributed by atoms with van der Waals surface area (Å²) in [5.41, 5.74) is 6.90. The predicted octanol–water partition coefficient (Wildman–Crippen LogP) is 2.50. The first-order valence-electron chi connectivity index (χ1n) is 5.50. The third kappa shape index (κ3) is 3.51. The zero-order valence-electron chi connectivity index (χ0n) is 9.86. The second-order valence-corrected chi connectivity index (χ2v) is 4.75. The lowest BCUT2D eigenvalue weighted by Gasteiger charge is -2.07. The Morgan fingerprint density at radius 1 is 1.37 bits per heavy atom. The van der Waals surface area contributed by atoms with Gasteiger partial charge in [0.1, 0.15) is 11.5 Å². The number of nitrogens with zero attached hydrogens (tertiary/aromatic N) is 1. The highest BCUT2D eigenvalue weighted by Gasteiger charge is 2.08. The Bertz CT molecular complexity index is 601. The predicted molar refractivity (Wildman–Crippen MR) is 73.9 cm³/mol. The highest BCUT2D eigenvalue weighted by Crippen LogP contribution is 2.17. The Balaban J connectivity index is 2.04. The molecule has 1 amide bonds. The van der Waals surface area contributed by atoms with Crippen LogP contribution in [0.25, 0.3) is 0 Å². The number of nitrogens with one attached hydrogen (secondary N) is 1. The SMILES string of the molecule is Nc1ccc(C(=O)NCc2cc(F)ccc2Br)nc1. The van der Waals surface area contributed by atoms with E-state index in [0.29, 0.717) is 11.3 Å². The van der Waals surface area contributed by atoms with Gasteiger partial charge in [-0.3, -0.25) is 4.79 Å². The Kier molecular flexibility index (Phi) is 4.11. The molecule has 3 N–H and O–H groups in total. The summed E-state index contributed by atoms with van der Waals surface area (Å²) in [6.45, 7) is 0.212. The van der Waals surface area contributed by atoms with Crippen molar-refractivity contribution < 1.29 is 9.18 Å². The fourth-order valence-corrected chi connectivity index (χ4v) is 1.87. The Morgan fingerprint density at radius 3 is 2.84 bits per heavy atom. The van der Waals surface area contributed by atoms with Gasteiger partial charge in [0.15, 0.2) is 0 Å². The number of rotatable bonds is 3. The molecule has 2 aromatic rings. The molecule has 0 atom stereocenters. The molecule has 0 spiro atoms. The van der Waals surface area contributed by atoms with Crippen LogP contribution in [0.1, 0.15) is 16.1 Å². The number of nitrogen functional groups attached to an aromatic ring is 1. The van der Waals surface area contributed by atoms with Gasteiger partial charge in [-0.05, 0) is 35.9 Å². The third-order valence-corrected chi connectivity index (χ3v) is 3.24. The molecular formula is C13H11BrFN3O. The van der Waals surface area contributed by atoms with Crippen LogP contribution in [0.4, 0.5) is 10.1 Å². The second-order valence-electron chi connectivity index (χ2n) is 3.90. The first-order chi connectivity index (χ1) is 9.06. The molecule has 0 saturated heterocycles. The monoisotopic (exact) mass is 323 g/mol. The van der Waals surface area contributed by atoms with Crippen molar-refractivity contribution in [3.05, 3.63) is 58.1 Å². The molecule has 2 rings (SSSR count). The number of anilines is 1. The molecule has 4 nitrogen and oxygen atoms in total. The van der Waals surface area contributed by atoms with Crippen LogP contribution in [-0.2, 0) is 6.54 Å². The normalized spacial score (nSPS) is 10.2. The molecule has 6 heteroatoms. The molecular weight excluding hydrogens is 313 g/mol. The van der Waals surface area contributed by atoms with E-state index in [-0.39, 0.29) is 24.0 Å². The highest BCUT2D eigenvalue weighted by molar-refractivity contribution is 9.10. The van der Waals surface area contributed by atoms with E-state index in [9.17, 15) is 9.18 Å². The average Bonchev–Trinajstić information content (AvgIpc) is 2.40. The largest absolute Gasteiger partial charge is 0.397 e. The van der Waals surface area contributed by atoms with Gasteiger partial charge in [0.2, 0.25) is 0 Å². The maximum atomic E-state index is 13.1. The van der Waals surface area contributed by atoms with E-state index in [1.165, 1.54) is 24.4 Å². The van der Waals surface area contributed by atoms with E-state index in [2.05, 4.69) is 26.2 Å². The van der Waals surface area contributed by atoms with Gasteiger partial charge < -0.3 is 11.1 Å². The maximum absolute atomic E-state index is 13.1. The van der Waals surface area contributed by atoms with Crippen molar-refractivity contribution in [2.45, 2.75) is 6.54 Å². The Morgan fingerprint density at radius 2 is 2.16 bits per heavy atom. The summed E-state index contributed by atoms with van der Waals surface area (Å²) in [7, 11) is 0. The lowest BCUT2D eigenvalue weighted by atomic mass is 10.2. The highest BCUT2D eigenvalue weighted by atomic mass is 79.9. The minimum atomic E-state index is -0.349. The molecule has 0 radical (unpaired) electrons. The van der Waals surface area contributed by atoms with E-state index < -0.39 is 0 Å². The smallest absolute Gasteiger partial charge is 0.270 e. The molecule has 19 heavy (non-hydrogen) atoms. The number of carbonyl (C=O) groups is 1. The lowest BCUT2D eigenvalue weighted by Crippen LogP contribution is -2.24. The van der Waals surface area contributed by atoms with E-state index in [1.54, 1.807) is 12.1 Å². The number of pyridine rings is 1. The minimum absolute atomic E-state index is 0.212.